The molecule has 27 heavy (non-hydrogen) atoms. The van der Waals surface area contributed by atoms with E-state index in [2.05, 4.69) is 25.0 Å². The van der Waals surface area contributed by atoms with Crippen LogP contribution in [0.2, 0.25) is 0 Å². The molecule has 0 amide bonds. The maximum absolute atomic E-state index is 11.2. The van der Waals surface area contributed by atoms with Crippen LogP contribution in [0.5, 0.6) is 0 Å². The fourth-order valence-electron chi connectivity index (χ4n) is 4.13. The van der Waals surface area contributed by atoms with Crippen molar-refractivity contribution in [2.45, 2.75) is 91.4 Å². The lowest BCUT2D eigenvalue weighted by Gasteiger charge is -2.28. The summed E-state index contributed by atoms with van der Waals surface area (Å²) in [5.74, 6) is 3.35. The summed E-state index contributed by atoms with van der Waals surface area (Å²) in [6, 6.07) is 0. The summed E-state index contributed by atoms with van der Waals surface area (Å²) in [7, 11) is -2.13. The summed E-state index contributed by atoms with van der Waals surface area (Å²) in [5, 5.41) is 0. The molecular weight excluding hydrogens is 360 g/mol. The van der Waals surface area contributed by atoms with Crippen molar-refractivity contribution in [2.75, 3.05) is 26.1 Å². The third-order valence-electron chi connectivity index (χ3n) is 6.04. The first-order chi connectivity index (χ1) is 12.8. The smallest absolute Gasteiger partial charge is 0.267 e. The maximum atomic E-state index is 11.2. The molecule has 0 aromatic carbocycles. The highest BCUT2D eigenvalue weighted by Crippen LogP contribution is 2.32. The molecule has 0 aromatic heterocycles. The Morgan fingerprint density at radius 2 is 1.52 bits per heavy atom. The summed E-state index contributed by atoms with van der Waals surface area (Å²) in [4.78, 5) is 0. The lowest BCUT2D eigenvalue weighted by Crippen LogP contribution is -2.19. The first-order valence-corrected chi connectivity index (χ1v) is 12.8. The Hall–Kier alpha value is -0.130. The number of rotatable bonds is 15. The molecule has 162 valence electrons. The molecule has 0 N–H and O–H groups in total. The highest BCUT2D eigenvalue weighted by molar-refractivity contribution is 7.86. The van der Waals surface area contributed by atoms with Gasteiger partial charge >= 0.3 is 0 Å². The molecule has 1 aliphatic rings. The molecule has 1 aliphatic carbocycles. The standard InChI is InChI=1S/C22H44O4S/c1-19(2)8-5-9-20(3)10-6-11-21-12-14-22(15-13-21)18-26-16-7-17-27(23,24)25-4/h19-22H,5-18H2,1-4H3. The zero-order valence-corrected chi connectivity index (χ0v) is 19.1. The molecular formula is C22H44O4S. The fourth-order valence-corrected chi connectivity index (χ4v) is 4.77. The first-order valence-electron chi connectivity index (χ1n) is 11.2. The van der Waals surface area contributed by atoms with Crippen LogP contribution in [0.3, 0.4) is 0 Å². The van der Waals surface area contributed by atoms with Crippen LogP contribution in [0.15, 0.2) is 0 Å². The minimum absolute atomic E-state index is 0.0478. The first kappa shape index (κ1) is 24.9. The van der Waals surface area contributed by atoms with Crippen molar-refractivity contribution in [3.63, 3.8) is 0 Å². The van der Waals surface area contributed by atoms with Gasteiger partial charge in [-0.05, 0) is 42.9 Å². The van der Waals surface area contributed by atoms with E-state index in [0.29, 0.717) is 18.9 Å². The van der Waals surface area contributed by atoms with Crippen LogP contribution in [0.1, 0.15) is 91.4 Å². The molecule has 0 bridgehead atoms. The molecule has 0 aromatic rings. The lowest BCUT2D eigenvalue weighted by molar-refractivity contribution is 0.0771. The van der Waals surface area contributed by atoms with Crippen LogP contribution in [0, 0.1) is 23.7 Å². The Balaban J connectivity index is 2.00. The minimum Gasteiger partial charge on any atom is -0.381 e. The predicted molar refractivity (Wildman–Crippen MR) is 113 cm³/mol. The maximum Gasteiger partial charge on any atom is 0.267 e. The highest BCUT2D eigenvalue weighted by Gasteiger charge is 2.21. The van der Waals surface area contributed by atoms with Crippen LogP contribution in [0.4, 0.5) is 0 Å². The molecule has 1 rings (SSSR count). The Morgan fingerprint density at radius 1 is 0.889 bits per heavy atom. The van der Waals surface area contributed by atoms with E-state index in [1.54, 1.807) is 0 Å². The topological polar surface area (TPSA) is 52.6 Å². The number of hydrogen-bond acceptors (Lipinski definition) is 4. The lowest BCUT2D eigenvalue weighted by atomic mass is 9.79. The SMILES string of the molecule is COS(=O)(=O)CCCOCC1CCC(CCCC(C)CCCC(C)C)CC1. The zero-order valence-electron chi connectivity index (χ0n) is 18.3. The average molecular weight is 405 g/mol. The van der Waals surface area contributed by atoms with E-state index in [-0.39, 0.29) is 5.75 Å². The van der Waals surface area contributed by atoms with Crippen LogP contribution in [0.25, 0.3) is 0 Å². The summed E-state index contributed by atoms with van der Waals surface area (Å²) in [6.07, 6.45) is 14.1. The third kappa shape index (κ3) is 12.8. The van der Waals surface area contributed by atoms with Crippen LogP contribution < -0.4 is 0 Å². The van der Waals surface area contributed by atoms with Crippen LogP contribution >= 0.6 is 0 Å². The van der Waals surface area contributed by atoms with E-state index in [0.717, 1.165) is 24.4 Å². The second-order valence-corrected chi connectivity index (χ2v) is 11.0. The quantitative estimate of drug-likeness (QED) is 0.255. The molecule has 0 radical (unpaired) electrons. The molecule has 1 saturated carbocycles. The number of ether oxygens (including phenoxy) is 1. The van der Waals surface area contributed by atoms with Gasteiger partial charge in [-0.3, -0.25) is 4.18 Å². The summed E-state index contributed by atoms with van der Waals surface area (Å²) in [6.45, 7) is 8.35. The fraction of sp³-hybridized carbons (Fsp3) is 1.00. The molecule has 1 atom stereocenters. The van der Waals surface area contributed by atoms with Crippen molar-refractivity contribution >= 4 is 10.1 Å². The second-order valence-electron chi connectivity index (χ2n) is 9.10. The molecule has 1 unspecified atom stereocenters. The molecule has 0 heterocycles. The van der Waals surface area contributed by atoms with Gasteiger partial charge in [0.1, 0.15) is 0 Å². The minimum atomic E-state index is -3.34. The van der Waals surface area contributed by atoms with Crippen molar-refractivity contribution in [2.24, 2.45) is 23.7 Å². The molecule has 5 heteroatoms. The number of hydrogen-bond donors (Lipinski definition) is 0. The third-order valence-corrected chi connectivity index (χ3v) is 7.34. The van der Waals surface area contributed by atoms with Crippen molar-refractivity contribution in [3.05, 3.63) is 0 Å². The van der Waals surface area contributed by atoms with Gasteiger partial charge in [0.05, 0.1) is 12.9 Å². The Bertz CT molecular complexity index is 453. The van der Waals surface area contributed by atoms with E-state index < -0.39 is 10.1 Å². The van der Waals surface area contributed by atoms with Gasteiger partial charge < -0.3 is 4.74 Å². The normalized spacial score (nSPS) is 22.3. The zero-order chi connectivity index (χ0) is 20.1. The van der Waals surface area contributed by atoms with Gasteiger partial charge in [-0.25, -0.2) is 0 Å². The molecule has 4 nitrogen and oxygen atoms in total. The van der Waals surface area contributed by atoms with Crippen molar-refractivity contribution < 1.29 is 17.3 Å². The highest BCUT2D eigenvalue weighted by atomic mass is 32.2. The Kier molecular flexibility index (Phi) is 12.9. The molecule has 0 spiro atoms. The van der Waals surface area contributed by atoms with E-state index in [9.17, 15) is 8.42 Å². The monoisotopic (exact) mass is 404 g/mol. The van der Waals surface area contributed by atoms with Gasteiger partial charge in [-0.2, -0.15) is 8.42 Å². The molecule has 0 saturated heterocycles. The summed E-state index contributed by atoms with van der Waals surface area (Å²) >= 11 is 0. The predicted octanol–water partition coefficient (Wildman–Crippen LogP) is 5.81. The van der Waals surface area contributed by atoms with Crippen molar-refractivity contribution in [1.29, 1.82) is 0 Å². The molecule has 0 aliphatic heterocycles. The van der Waals surface area contributed by atoms with E-state index in [1.807, 2.05) is 0 Å². The largest absolute Gasteiger partial charge is 0.381 e. The summed E-state index contributed by atoms with van der Waals surface area (Å²) < 4.78 is 32.6. The summed E-state index contributed by atoms with van der Waals surface area (Å²) in [5.41, 5.74) is 0. The van der Waals surface area contributed by atoms with E-state index >= 15 is 0 Å². The van der Waals surface area contributed by atoms with E-state index in [1.165, 1.54) is 71.3 Å². The van der Waals surface area contributed by atoms with Crippen LogP contribution in [-0.2, 0) is 19.0 Å². The van der Waals surface area contributed by atoms with Gasteiger partial charge in [-0.1, -0.05) is 72.1 Å². The van der Waals surface area contributed by atoms with Gasteiger partial charge in [0.15, 0.2) is 0 Å². The van der Waals surface area contributed by atoms with Gasteiger partial charge in [0.2, 0.25) is 0 Å². The van der Waals surface area contributed by atoms with Crippen molar-refractivity contribution in [1.82, 2.24) is 0 Å². The van der Waals surface area contributed by atoms with Gasteiger partial charge in [0.25, 0.3) is 10.1 Å². The van der Waals surface area contributed by atoms with Crippen molar-refractivity contribution in [3.8, 4) is 0 Å². The van der Waals surface area contributed by atoms with Gasteiger partial charge in [-0.15, -0.1) is 0 Å². The second kappa shape index (κ2) is 13.9. The Labute approximate surface area is 168 Å². The van der Waals surface area contributed by atoms with Crippen LogP contribution in [-0.4, -0.2) is 34.5 Å². The molecule has 1 fully saturated rings. The Morgan fingerprint density at radius 3 is 2.15 bits per heavy atom. The van der Waals surface area contributed by atoms with Gasteiger partial charge in [0, 0.05) is 13.2 Å². The van der Waals surface area contributed by atoms with E-state index in [4.69, 9.17) is 4.74 Å². The average Bonchev–Trinajstić information content (AvgIpc) is 2.62.